The Bertz CT molecular complexity index is 456. The van der Waals surface area contributed by atoms with E-state index in [2.05, 4.69) is 0 Å². The van der Waals surface area contributed by atoms with Gasteiger partial charge in [-0.15, -0.1) is 11.6 Å². The summed E-state index contributed by atoms with van der Waals surface area (Å²) in [6.07, 6.45) is 3.03. The topological polar surface area (TPSA) is 80.4 Å². The van der Waals surface area contributed by atoms with Gasteiger partial charge in [-0.05, 0) is 12.1 Å². The monoisotopic (exact) mass is 241 g/mol. The van der Waals surface area contributed by atoms with Gasteiger partial charge in [-0.2, -0.15) is 0 Å². The van der Waals surface area contributed by atoms with Gasteiger partial charge in [0.05, 0.1) is 16.1 Å². The molecule has 0 aliphatic heterocycles. The van der Waals surface area contributed by atoms with E-state index in [1.165, 1.54) is 18.2 Å². The molecule has 0 aliphatic rings. The zero-order valence-electron chi connectivity index (χ0n) is 8.09. The summed E-state index contributed by atoms with van der Waals surface area (Å²) < 4.78 is 0. The number of aromatic carboxylic acids is 1. The second-order valence-corrected chi connectivity index (χ2v) is 3.20. The first-order valence-electron chi connectivity index (χ1n) is 4.30. The first-order valence-corrected chi connectivity index (χ1v) is 4.84. The number of carboxylic acids is 1. The molecule has 1 rings (SSSR count). The van der Waals surface area contributed by atoms with Crippen molar-refractivity contribution in [1.29, 1.82) is 0 Å². The van der Waals surface area contributed by atoms with Gasteiger partial charge in [0.25, 0.3) is 5.69 Å². The van der Waals surface area contributed by atoms with Gasteiger partial charge in [-0.3, -0.25) is 10.1 Å². The Morgan fingerprint density at radius 2 is 2.25 bits per heavy atom. The van der Waals surface area contributed by atoms with Crippen LogP contribution in [0.15, 0.2) is 24.3 Å². The van der Waals surface area contributed by atoms with Crippen LogP contribution in [-0.2, 0) is 0 Å². The molecule has 0 bridgehead atoms. The van der Waals surface area contributed by atoms with E-state index >= 15 is 0 Å². The lowest BCUT2D eigenvalue weighted by Gasteiger charge is -1.99. The Morgan fingerprint density at radius 1 is 1.56 bits per heavy atom. The van der Waals surface area contributed by atoms with Gasteiger partial charge in [-0.25, -0.2) is 4.79 Å². The summed E-state index contributed by atoms with van der Waals surface area (Å²) in [6.45, 7) is 0. The van der Waals surface area contributed by atoms with Crippen LogP contribution in [-0.4, -0.2) is 21.9 Å². The van der Waals surface area contributed by atoms with Gasteiger partial charge in [0.2, 0.25) is 0 Å². The molecule has 0 atom stereocenters. The summed E-state index contributed by atoms with van der Waals surface area (Å²) in [5, 5.41) is 19.4. The van der Waals surface area contributed by atoms with Crippen molar-refractivity contribution in [3.63, 3.8) is 0 Å². The number of alkyl halides is 1. The maximum atomic E-state index is 10.7. The minimum Gasteiger partial charge on any atom is -0.478 e. The number of rotatable bonds is 4. The number of carboxylic acid groups (broad SMARTS) is 1. The lowest BCUT2D eigenvalue weighted by molar-refractivity contribution is -0.385. The van der Waals surface area contributed by atoms with Crippen LogP contribution in [0.25, 0.3) is 6.08 Å². The normalized spacial score (nSPS) is 10.6. The van der Waals surface area contributed by atoms with Crippen molar-refractivity contribution in [3.8, 4) is 0 Å². The molecule has 1 aromatic carbocycles. The maximum Gasteiger partial charge on any atom is 0.335 e. The van der Waals surface area contributed by atoms with Crippen molar-refractivity contribution in [1.82, 2.24) is 0 Å². The molecule has 0 aromatic heterocycles. The number of nitro benzene ring substituents is 1. The molecular weight excluding hydrogens is 234 g/mol. The molecule has 5 nitrogen and oxygen atoms in total. The zero-order chi connectivity index (χ0) is 12.1. The highest BCUT2D eigenvalue weighted by Crippen LogP contribution is 2.21. The van der Waals surface area contributed by atoms with E-state index in [9.17, 15) is 14.9 Å². The zero-order valence-corrected chi connectivity index (χ0v) is 8.85. The van der Waals surface area contributed by atoms with E-state index in [0.29, 0.717) is 5.56 Å². The number of carbonyl (C=O) groups is 1. The SMILES string of the molecule is O=C(O)c1ccc(C=CCCl)c([N+](=O)[O-])c1. The quantitative estimate of drug-likeness (QED) is 0.499. The molecule has 1 aromatic rings. The highest BCUT2D eigenvalue weighted by Gasteiger charge is 2.15. The lowest BCUT2D eigenvalue weighted by Crippen LogP contribution is -1.99. The third kappa shape index (κ3) is 2.80. The van der Waals surface area contributed by atoms with Gasteiger partial charge in [-0.1, -0.05) is 12.2 Å². The number of nitrogens with zero attached hydrogens (tertiary/aromatic N) is 1. The minimum absolute atomic E-state index is 0.116. The molecule has 0 unspecified atom stereocenters. The predicted molar refractivity (Wildman–Crippen MR) is 59.8 cm³/mol. The van der Waals surface area contributed by atoms with Crippen LogP contribution < -0.4 is 0 Å². The van der Waals surface area contributed by atoms with Crippen LogP contribution in [0.5, 0.6) is 0 Å². The summed E-state index contributed by atoms with van der Waals surface area (Å²) in [5.74, 6) is -0.964. The van der Waals surface area contributed by atoms with E-state index in [1.807, 2.05) is 0 Å². The molecule has 1 N–H and O–H groups in total. The smallest absolute Gasteiger partial charge is 0.335 e. The summed E-state index contributed by atoms with van der Waals surface area (Å²) in [6, 6.07) is 3.71. The fourth-order valence-corrected chi connectivity index (χ4v) is 1.24. The fraction of sp³-hybridized carbons (Fsp3) is 0.100. The van der Waals surface area contributed by atoms with Crippen molar-refractivity contribution in [2.24, 2.45) is 0 Å². The molecule has 16 heavy (non-hydrogen) atoms. The highest BCUT2D eigenvalue weighted by atomic mass is 35.5. The van der Waals surface area contributed by atoms with Crippen molar-refractivity contribution >= 4 is 29.3 Å². The largest absolute Gasteiger partial charge is 0.478 e. The average molecular weight is 242 g/mol. The Balaban J connectivity index is 3.24. The Morgan fingerprint density at radius 3 is 2.75 bits per heavy atom. The molecule has 0 heterocycles. The van der Waals surface area contributed by atoms with E-state index < -0.39 is 10.9 Å². The summed E-state index contributed by atoms with van der Waals surface area (Å²) in [7, 11) is 0. The Kier molecular flexibility index (Phi) is 4.02. The molecule has 6 heteroatoms. The molecule has 0 amide bonds. The van der Waals surface area contributed by atoms with Crippen molar-refractivity contribution in [3.05, 3.63) is 45.5 Å². The molecule has 84 valence electrons. The first-order chi connectivity index (χ1) is 7.56. The maximum absolute atomic E-state index is 10.7. The highest BCUT2D eigenvalue weighted by molar-refractivity contribution is 6.19. The predicted octanol–water partition coefficient (Wildman–Crippen LogP) is 2.55. The van der Waals surface area contributed by atoms with Crippen LogP contribution in [0.3, 0.4) is 0 Å². The second-order valence-electron chi connectivity index (χ2n) is 2.89. The van der Waals surface area contributed by atoms with Gasteiger partial charge in [0, 0.05) is 11.9 Å². The molecule has 0 spiro atoms. The minimum atomic E-state index is -1.20. The molecule has 0 aliphatic carbocycles. The third-order valence-corrected chi connectivity index (χ3v) is 2.04. The van der Waals surface area contributed by atoms with Crippen molar-refractivity contribution in [2.45, 2.75) is 0 Å². The fourth-order valence-electron chi connectivity index (χ4n) is 1.15. The standard InChI is InChI=1S/C10H8ClNO4/c11-5-1-2-7-3-4-8(10(13)14)6-9(7)12(15)16/h1-4,6H,5H2,(H,13,14). The lowest BCUT2D eigenvalue weighted by atomic mass is 10.1. The number of nitro groups is 1. The van der Waals surface area contributed by atoms with E-state index in [0.717, 1.165) is 6.07 Å². The third-order valence-electron chi connectivity index (χ3n) is 1.86. The van der Waals surface area contributed by atoms with Gasteiger partial charge >= 0.3 is 5.97 Å². The number of hydrogen-bond donors (Lipinski definition) is 1. The van der Waals surface area contributed by atoms with Crippen LogP contribution in [0.4, 0.5) is 5.69 Å². The summed E-state index contributed by atoms with van der Waals surface area (Å²) in [5.41, 5.74) is -0.0355. The molecule has 0 saturated heterocycles. The number of benzene rings is 1. The molecule has 0 saturated carbocycles. The first kappa shape index (κ1) is 12.2. The molecule has 0 radical (unpaired) electrons. The number of hydrogen-bond acceptors (Lipinski definition) is 3. The van der Waals surface area contributed by atoms with Crippen molar-refractivity contribution in [2.75, 3.05) is 5.88 Å². The van der Waals surface area contributed by atoms with E-state index in [-0.39, 0.29) is 17.1 Å². The summed E-state index contributed by atoms with van der Waals surface area (Å²) >= 11 is 5.41. The van der Waals surface area contributed by atoms with E-state index in [4.69, 9.17) is 16.7 Å². The van der Waals surface area contributed by atoms with Crippen LogP contribution in [0.2, 0.25) is 0 Å². The van der Waals surface area contributed by atoms with Gasteiger partial charge in [0.15, 0.2) is 0 Å². The number of halogens is 1. The molecule has 0 fully saturated rings. The van der Waals surface area contributed by atoms with Crippen LogP contribution in [0, 0.1) is 10.1 Å². The average Bonchev–Trinajstić information content (AvgIpc) is 2.25. The van der Waals surface area contributed by atoms with E-state index in [1.54, 1.807) is 6.08 Å². The molecular formula is C10H8ClNO4. The number of allylic oxidation sites excluding steroid dienone is 1. The van der Waals surface area contributed by atoms with Crippen molar-refractivity contribution < 1.29 is 14.8 Å². The Labute approximate surface area is 96.1 Å². The van der Waals surface area contributed by atoms with Gasteiger partial charge < -0.3 is 5.11 Å². The van der Waals surface area contributed by atoms with Gasteiger partial charge in [0.1, 0.15) is 0 Å². The summed E-state index contributed by atoms with van der Waals surface area (Å²) in [4.78, 5) is 20.7. The Hall–Kier alpha value is -1.88. The van der Waals surface area contributed by atoms with Crippen LogP contribution in [0.1, 0.15) is 15.9 Å². The second kappa shape index (κ2) is 5.27. The van der Waals surface area contributed by atoms with Crippen LogP contribution >= 0.6 is 11.6 Å².